The molecule has 1 saturated heterocycles. The van der Waals surface area contributed by atoms with Crippen LogP contribution in [0.4, 0.5) is 10.1 Å². The zero-order valence-corrected chi connectivity index (χ0v) is 12.0. The summed E-state index contributed by atoms with van der Waals surface area (Å²) in [6.45, 7) is 3.05. The third-order valence-electron chi connectivity index (χ3n) is 3.54. The molecule has 1 aromatic carbocycles. The summed E-state index contributed by atoms with van der Waals surface area (Å²) in [7, 11) is 0. The van der Waals surface area contributed by atoms with Gasteiger partial charge in [-0.2, -0.15) is 0 Å². The number of piperidine rings is 1. The van der Waals surface area contributed by atoms with Gasteiger partial charge in [-0.25, -0.2) is 4.39 Å². The van der Waals surface area contributed by atoms with Crippen molar-refractivity contribution in [1.82, 2.24) is 4.90 Å². The van der Waals surface area contributed by atoms with E-state index in [9.17, 15) is 14.3 Å². The van der Waals surface area contributed by atoms with Gasteiger partial charge in [-0.15, -0.1) is 0 Å². The Morgan fingerprint density at radius 3 is 3.00 bits per heavy atom. The van der Waals surface area contributed by atoms with Gasteiger partial charge in [0.15, 0.2) is 0 Å². The van der Waals surface area contributed by atoms with Crippen molar-refractivity contribution in [2.75, 3.05) is 18.4 Å². The third-order valence-corrected chi connectivity index (χ3v) is 3.86. The molecule has 0 radical (unpaired) electrons. The van der Waals surface area contributed by atoms with Crippen LogP contribution in [0, 0.1) is 5.82 Å². The van der Waals surface area contributed by atoms with Crippen LogP contribution in [-0.4, -0.2) is 41.1 Å². The van der Waals surface area contributed by atoms with Gasteiger partial charge in [-0.1, -0.05) is 11.6 Å². The summed E-state index contributed by atoms with van der Waals surface area (Å²) in [4.78, 5) is 14.1. The summed E-state index contributed by atoms with van der Waals surface area (Å²) in [5.74, 6) is -0.659. The minimum Gasteiger partial charge on any atom is -0.392 e. The predicted molar refractivity (Wildman–Crippen MR) is 76.3 cm³/mol. The molecule has 0 bridgehead atoms. The summed E-state index contributed by atoms with van der Waals surface area (Å²) in [5, 5.41) is 12.5. The number of rotatable bonds is 3. The number of halogens is 2. The lowest BCUT2D eigenvalue weighted by Gasteiger charge is -2.34. The van der Waals surface area contributed by atoms with Gasteiger partial charge in [0.1, 0.15) is 5.82 Å². The van der Waals surface area contributed by atoms with E-state index in [4.69, 9.17) is 11.6 Å². The smallest absolute Gasteiger partial charge is 0.241 e. The van der Waals surface area contributed by atoms with Crippen LogP contribution in [0.3, 0.4) is 0 Å². The average molecular weight is 301 g/mol. The van der Waals surface area contributed by atoms with Gasteiger partial charge in [0.2, 0.25) is 5.91 Å². The third kappa shape index (κ3) is 3.69. The number of nitrogens with one attached hydrogen (secondary N) is 1. The lowest BCUT2D eigenvalue weighted by atomic mass is 10.1. The molecule has 1 aliphatic rings. The number of likely N-dealkylation sites (tertiary alicyclic amines) is 1. The second kappa shape index (κ2) is 6.52. The number of amides is 1. The van der Waals surface area contributed by atoms with Crippen LogP contribution in [0.25, 0.3) is 0 Å². The lowest BCUT2D eigenvalue weighted by molar-refractivity contribution is -0.121. The molecule has 2 N–H and O–H groups in total. The highest BCUT2D eigenvalue weighted by Gasteiger charge is 2.26. The number of aliphatic hydroxyl groups is 1. The van der Waals surface area contributed by atoms with Crippen LogP contribution in [0.2, 0.25) is 5.02 Å². The van der Waals surface area contributed by atoms with E-state index in [1.807, 2.05) is 4.90 Å². The van der Waals surface area contributed by atoms with Gasteiger partial charge in [-0.05, 0) is 44.5 Å². The fourth-order valence-electron chi connectivity index (χ4n) is 2.33. The molecule has 0 aliphatic carbocycles. The lowest BCUT2D eigenvalue weighted by Crippen LogP contribution is -2.48. The molecule has 0 spiro atoms. The van der Waals surface area contributed by atoms with Crippen molar-refractivity contribution in [3.05, 3.63) is 29.0 Å². The molecule has 1 aliphatic heterocycles. The van der Waals surface area contributed by atoms with E-state index in [2.05, 4.69) is 5.32 Å². The highest BCUT2D eigenvalue weighted by Crippen LogP contribution is 2.23. The first kappa shape index (κ1) is 15.2. The molecule has 2 atom stereocenters. The van der Waals surface area contributed by atoms with Crippen molar-refractivity contribution in [2.24, 2.45) is 0 Å². The number of carbonyl (C=O) groups is 1. The molecule has 4 nitrogen and oxygen atoms in total. The van der Waals surface area contributed by atoms with Crippen molar-refractivity contribution in [3.8, 4) is 0 Å². The number of β-amino-alcohol motifs (C(OH)–C–C–N with tert-alkyl or cyclic N) is 1. The molecule has 2 unspecified atom stereocenters. The number of nitrogens with zero attached hydrogens (tertiary/aromatic N) is 1. The zero-order valence-electron chi connectivity index (χ0n) is 11.3. The number of benzene rings is 1. The molecule has 110 valence electrons. The minimum atomic E-state index is -0.444. The molecule has 6 heteroatoms. The summed E-state index contributed by atoms with van der Waals surface area (Å²) in [5.41, 5.74) is 0.391. The first-order valence-corrected chi connectivity index (χ1v) is 7.03. The topological polar surface area (TPSA) is 52.6 Å². The van der Waals surface area contributed by atoms with Crippen molar-refractivity contribution in [3.63, 3.8) is 0 Å². The van der Waals surface area contributed by atoms with Crippen molar-refractivity contribution < 1.29 is 14.3 Å². The molecule has 1 aromatic rings. The molecule has 1 amide bonds. The van der Waals surface area contributed by atoms with Crippen LogP contribution < -0.4 is 5.32 Å². The second-order valence-corrected chi connectivity index (χ2v) is 5.49. The van der Waals surface area contributed by atoms with E-state index in [1.165, 1.54) is 12.1 Å². The van der Waals surface area contributed by atoms with Crippen LogP contribution in [0.15, 0.2) is 18.2 Å². The van der Waals surface area contributed by atoms with E-state index in [0.29, 0.717) is 12.2 Å². The molecule has 1 fully saturated rings. The Morgan fingerprint density at radius 1 is 1.60 bits per heavy atom. The van der Waals surface area contributed by atoms with Crippen molar-refractivity contribution >= 4 is 23.2 Å². The molecule has 1 heterocycles. The van der Waals surface area contributed by atoms with E-state index < -0.39 is 5.82 Å². The molecule has 0 aromatic heterocycles. The highest BCUT2D eigenvalue weighted by atomic mass is 35.5. The highest BCUT2D eigenvalue weighted by molar-refractivity contribution is 6.33. The van der Waals surface area contributed by atoms with E-state index >= 15 is 0 Å². The van der Waals surface area contributed by atoms with E-state index in [0.717, 1.165) is 25.5 Å². The van der Waals surface area contributed by atoms with Crippen molar-refractivity contribution in [1.29, 1.82) is 0 Å². The van der Waals surface area contributed by atoms with Gasteiger partial charge in [-0.3, -0.25) is 9.69 Å². The van der Waals surface area contributed by atoms with Gasteiger partial charge < -0.3 is 10.4 Å². The quantitative estimate of drug-likeness (QED) is 0.900. The van der Waals surface area contributed by atoms with Gasteiger partial charge in [0.05, 0.1) is 22.9 Å². The standard InChI is InChI=1S/C14H18ClFN2O2/c1-9(18-6-2-3-11(19)8-18)14(20)17-13-5-4-10(16)7-12(13)15/h4-5,7,9,11,19H,2-3,6,8H2,1H3,(H,17,20). The molecular formula is C14H18ClFN2O2. The van der Waals surface area contributed by atoms with Crippen LogP contribution in [-0.2, 0) is 4.79 Å². The maximum Gasteiger partial charge on any atom is 0.241 e. The van der Waals surface area contributed by atoms with Crippen LogP contribution in [0.5, 0.6) is 0 Å². The Bertz CT molecular complexity index is 498. The fraction of sp³-hybridized carbons (Fsp3) is 0.500. The average Bonchev–Trinajstić information content (AvgIpc) is 2.41. The van der Waals surface area contributed by atoms with E-state index in [-0.39, 0.29) is 23.1 Å². The summed E-state index contributed by atoms with van der Waals surface area (Å²) in [6, 6.07) is 3.47. The number of aliphatic hydroxyl groups excluding tert-OH is 1. The van der Waals surface area contributed by atoms with Gasteiger partial charge in [0.25, 0.3) is 0 Å². The Kier molecular flexibility index (Phi) is 4.96. The second-order valence-electron chi connectivity index (χ2n) is 5.08. The first-order chi connectivity index (χ1) is 9.47. The zero-order chi connectivity index (χ0) is 14.7. The summed E-state index contributed by atoms with van der Waals surface area (Å²) < 4.78 is 12.9. The maximum atomic E-state index is 12.9. The Morgan fingerprint density at radius 2 is 2.35 bits per heavy atom. The molecule has 0 saturated carbocycles. The SMILES string of the molecule is CC(C(=O)Nc1ccc(F)cc1Cl)N1CCCC(O)C1. The Hall–Kier alpha value is -1.17. The molecular weight excluding hydrogens is 283 g/mol. The summed E-state index contributed by atoms with van der Waals surface area (Å²) in [6.07, 6.45) is 1.26. The number of hydrogen-bond donors (Lipinski definition) is 2. The molecule has 2 rings (SSSR count). The number of carbonyl (C=O) groups excluding carboxylic acids is 1. The Labute approximate surface area is 122 Å². The Balaban J connectivity index is 2.00. The largest absolute Gasteiger partial charge is 0.392 e. The van der Waals surface area contributed by atoms with Crippen LogP contribution >= 0.6 is 11.6 Å². The van der Waals surface area contributed by atoms with Crippen LogP contribution in [0.1, 0.15) is 19.8 Å². The maximum absolute atomic E-state index is 12.9. The summed E-state index contributed by atoms with van der Waals surface area (Å²) >= 11 is 5.88. The molecule has 20 heavy (non-hydrogen) atoms. The number of hydrogen-bond acceptors (Lipinski definition) is 3. The van der Waals surface area contributed by atoms with E-state index in [1.54, 1.807) is 6.92 Å². The normalized spacial score (nSPS) is 21.5. The van der Waals surface area contributed by atoms with Crippen molar-refractivity contribution in [2.45, 2.75) is 31.9 Å². The monoisotopic (exact) mass is 300 g/mol. The van der Waals surface area contributed by atoms with Gasteiger partial charge >= 0.3 is 0 Å². The van der Waals surface area contributed by atoms with Gasteiger partial charge in [0, 0.05) is 6.54 Å². The predicted octanol–water partition coefficient (Wildman–Crippen LogP) is 2.26. The first-order valence-electron chi connectivity index (χ1n) is 6.65. The number of anilines is 1. The fourth-order valence-corrected chi connectivity index (χ4v) is 2.54. The minimum absolute atomic E-state index is 0.171.